The van der Waals surface area contributed by atoms with E-state index in [1.165, 1.54) is 5.56 Å². The fourth-order valence-corrected chi connectivity index (χ4v) is 4.20. The van der Waals surface area contributed by atoms with Crippen LogP contribution in [0.5, 0.6) is 23.0 Å². The summed E-state index contributed by atoms with van der Waals surface area (Å²) in [4.78, 5) is 2.28. The van der Waals surface area contributed by atoms with Crippen molar-refractivity contribution in [2.75, 3.05) is 34.6 Å². The number of nitrogens with zero attached hydrogens (tertiary/aromatic N) is 1. The lowest BCUT2D eigenvalue weighted by atomic mass is 9.87. The summed E-state index contributed by atoms with van der Waals surface area (Å²) in [7, 11) is 5.41. The first-order valence-electron chi connectivity index (χ1n) is 9.61. The summed E-state index contributed by atoms with van der Waals surface area (Å²) in [6, 6.07) is 9.97. The molecule has 0 amide bonds. The van der Waals surface area contributed by atoms with E-state index >= 15 is 0 Å². The molecule has 2 aromatic rings. The van der Waals surface area contributed by atoms with Crippen LogP contribution >= 0.6 is 0 Å². The zero-order valence-electron chi connectivity index (χ0n) is 16.6. The summed E-state index contributed by atoms with van der Waals surface area (Å²) < 4.78 is 22.2. The average Bonchev–Trinajstić information content (AvgIpc) is 3.17. The van der Waals surface area contributed by atoms with Crippen molar-refractivity contribution in [1.82, 2.24) is 4.90 Å². The number of benzene rings is 2. The predicted octanol–water partition coefficient (Wildman–Crippen LogP) is 2.96. The highest BCUT2D eigenvalue weighted by molar-refractivity contribution is 5.61. The van der Waals surface area contributed by atoms with Gasteiger partial charge in [0.05, 0.1) is 20.3 Å². The standard InChI is InChI=1S/C22H27NO5/c1-23-9-8-15-11-19-21(28-13-27-19)22(26-3)20(15)18(23)12-16(24)10-14-4-6-17(25-2)7-5-14/h4-7,11,16,18,24H,8-10,12-13H2,1-3H3/t16-,18-/m1/s1. The molecule has 28 heavy (non-hydrogen) atoms. The summed E-state index contributed by atoms with van der Waals surface area (Å²) >= 11 is 0. The second-order valence-electron chi connectivity index (χ2n) is 7.40. The highest BCUT2D eigenvalue weighted by Gasteiger charge is 2.34. The number of aliphatic hydroxyl groups is 1. The number of methoxy groups -OCH3 is 2. The van der Waals surface area contributed by atoms with Gasteiger partial charge in [0.25, 0.3) is 0 Å². The number of hydrogen-bond acceptors (Lipinski definition) is 6. The Morgan fingerprint density at radius 2 is 1.96 bits per heavy atom. The quantitative estimate of drug-likeness (QED) is 0.825. The zero-order valence-corrected chi connectivity index (χ0v) is 16.6. The molecule has 150 valence electrons. The molecule has 0 unspecified atom stereocenters. The predicted molar refractivity (Wildman–Crippen MR) is 106 cm³/mol. The maximum absolute atomic E-state index is 10.8. The molecule has 6 nitrogen and oxygen atoms in total. The van der Waals surface area contributed by atoms with Gasteiger partial charge in [-0.25, -0.2) is 0 Å². The van der Waals surface area contributed by atoms with Crippen LogP contribution in [0.4, 0.5) is 0 Å². The molecule has 1 N–H and O–H groups in total. The molecule has 0 aromatic heterocycles. The Morgan fingerprint density at radius 3 is 2.68 bits per heavy atom. The molecule has 2 atom stereocenters. The van der Waals surface area contributed by atoms with Gasteiger partial charge in [-0.2, -0.15) is 0 Å². The topological polar surface area (TPSA) is 60.4 Å². The molecule has 0 aliphatic carbocycles. The first-order valence-corrected chi connectivity index (χ1v) is 9.61. The molecule has 6 heteroatoms. The van der Waals surface area contributed by atoms with E-state index in [2.05, 4.69) is 18.0 Å². The van der Waals surface area contributed by atoms with Crippen molar-refractivity contribution in [3.63, 3.8) is 0 Å². The third-order valence-electron chi connectivity index (χ3n) is 5.67. The van der Waals surface area contributed by atoms with E-state index in [9.17, 15) is 5.11 Å². The van der Waals surface area contributed by atoms with Crippen LogP contribution in [0.25, 0.3) is 0 Å². The lowest BCUT2D eigenvalue weighted by Gasteiger charge is -2.37. The summed E-state index contributed by atoms with van der Waals surface area (Å²) in [6.07, 6.45) is 1.66. The van der Waals surface area contributed by atoms with Crippen LogP contribution in [-0.2, 0) is 12.8 Å². The van der Waals surface area contributed by atoms with E-state index < -0.39 is 6.10 Å². The number of fused-ring (bicyclic) bond motifs is 2. The Labute approximate surface area is 165 Å². The van der Waals surface area contributed by atoms with Crippen molar-refractivity contribution in [2.45, 2.75) is 31.4 Å². The van der Waals surface area contributed by atoms with E-state index in [1.54, 1.807) is 14.2 Å². The maximum Gasteiger partial charge on any atom is 0.231 e. The molecule has 0 spiro atoms. The van der Waals surface area contributed by atoms with E-state index in [1.807, 2.05) is 24.3 Å². The van der Waals surface area contributed by atoms with Crippen molar-refractivity contribution < 1.29 is 24.1 Å². The van der Waals surface area contributed by atoms with Gasteiger partial charge in [-0.15, -0.1) is 0 Å². The van der Waals surface area contributed by atoms with Gasteiger partial charge >= 0.3 is 0 Å². The Bertz CT molecular complexity index is 836. The summed E-state index contributed by atoms with van der Waals surface area (Å²) in [5.74, 6) is 2.97. The second-order valence-corrected chi connectivity index (χ2v) is 7.40. The van der Waals surface area contributed by atoms with E-state index in [4.69, 9.17) is 18.9 Å². The van der Waals surface area contributed by atoms with Crippen molar-refractivity contribution in [1.29, 1.82) is 0 Å². The number of rotatable bonds is 6. The van der Waals surface area contributed by atoms with Crippen LogP contribution in [0, 0.1) is 0 Å². The SMILES string of the molecule is COc1ccc(C[C@@H](O)C[C@@H]2c3c(cc4c(c3OC)OCO4)CCN2C)cc1. The second kappa shape index (κ2) is 7.89. The highest BCUT2D eigenvalue weighted by atomic mass is 16.7. The Balaban J connectivity index is 1.58. The highest BCUT2D eigenvalue weighted by Crippen LogP contribution is 2.50. The molecule has 0 saturated heterocycles. The molecular formula is C22H27NO5. The Morgan fingerprint density at radius 1 is 1.18 bits per heavy atom. The first kappa shape index (κ1) is 18.9. The average molecular weight is 385 g/mol. The number of aliphatic hydroxyl groups excluding tert-OH is 1. The van der Waals surface area contributed by atoms with Gasteiger partial charge in [0, 0.05) is 18.2 Å². The molecule has 0 radical (unpaired) electrons. The lowest BCUT2D eigenvalue weighted by Crippen LogP contribution is -2.35. The first-order chi connectivity index (χ1) is 13.6. The van der Waals surface area contributed by atoms with Gasteiger partial charge < -0.3 is 24.1 Å². The van der Waals surface area contributed by atoms with E-state index in [-0.39, 0.29) is 12.8 Å². The van der Waals surface area contributed by atoms with Crippen molar-refractivity contribution in [3.05, 3.63) is 47.0 Å². The molecule has 0 saturated carbocycles. The smallest absolute Gasteiger partial charge is 0.231 e. The summed E-state index contributed by atoms with van der Waals surface area (Å²) in [5, 5.41) is 10.8. The number of hydrogen-bond donors (Lipinski definition) is 1. The van der Waals surface area contributed by atoms with Crippen LogP contribution in [0.2, 0.25) is 0 Å². The van der Waals surface area contributed by atoms with E-state index in [0.29, 0.717) is 18.6 Å². The number of likely N-dealkylation sites (N-methyl/N-ethyl adjacent to an activating group) is 1. The molecule has 2 aliphatic rings. The zero-order chi connectivity index (χ0) is 19.7. The largest absolute Gasteiger partial charge is 0.497 e. The Hall–Kier alpha value is -2.44. The van der Waals surface area contributed by atoms with E-state index in [0.717, 1.165) is 41.3 Å². The van der Waals surface area contributed by atoms with Gasteiger partial charge in [-0.1, -0.05) is 12.1 Å². The van der Waals surface area contributed by atoms with Crippen molar-refractivity contribution in [3.8, 4) is 23.0 Å². The monoisotopic (exact) mass is 385 g/mol. The van der Waals surface area contributed by atoms with Gasteiger partial charge in [-0.05, 0) is 55.6 Å². The molecular weight excluding hydrogens is 358 g/mol. The fourth-order valence-electron chi connectivity index (χ4n) is 4.20. The van der Waals surface area contributed by atoms with Gasteiger partial charge in [-0.3, -0.25) is 4.90 Å². The van der Waals surface area contributed by atoms with Gasteiger partial charge in [0.2, 0.25) is 12.5 Å². The molecule has 2 aliphatic heterocycles. The molecule has 2 heterocycles. The minimum absolute atomic E-state index is 0.0569. The molecule has 0 bridgehead atoms. The normalized spacial score (nSPS) is 19.2. The maximum atomic E-state index is 10.8. The molecule has 4 rings (SSSR count). The van der Waals surface area contributed by atoms with Crippen LogP contribution in [-0.4, -0.2) is 50.7 Å². The summed E-state index contributed by atoms with van der Waals surface area (Å²) in [6.45, 7) is 1.14. The van der Waals surface area contributed by atoms with Crippen LogP contribution in [0.1, 0.15) is 29.2 Å². The minimum atomic E-state index is -0.470. The van der Waals surface area contributed by atoms with Crippen LogP contribution in [0.15, 0.2) is 30.3 Å². The fraction of sp³-hybridized carbons (Fsp3) is 0.455. The van der Waals surface area contributed by atoms with Gasteiger partial charge in [0.15, 0.2) is 11.5 Å². The lowest BCUT2D eigenvalue weighted by molar-refractivity contribution is 0.107. The molecule has 2 aromatic carbocycles. The van der Waals surface area contributed by atoms with Crippen LogP contribution < -0.4 is 18.9 Å². The summed E-state index contributed by atoms with van der Waals surface area (Å²) in [5.41, 5.74) is 3.40. The molecule has 0 fully saturated rings. The van der Waals surface area contributed by atoms with Crippen molar-refractivity contribution >= 4 is 0 Å². The van der Waals surface area contributed by atoms with Gasteiger partial charge in [0.1, 0.15) is 5.75 Å². The third kappa shape index (κ3) is 3.50. The number of ether oxygens (including phenoxy) is 4. The Kier molecular flexibility index (Phi) is 5.33. The van der Waals surface area contributed by atoms with Crippen molar-refractivity contribution in [2.24, 2.45) is 0 Å². The minimum Gasteiger partial charge on any atom is -0.497 e. The third-order valence-corrected chi connectivity index (χ3v) is 5.67. The van der Waals surface area contributed by atoms with Crippen LogP contribution in [0.3, 0.4) is 0 Å².